The van der Waals surface area contributed by atoms with Gasteiger partial charge in [-0.2, -0.15) is 0 Å². The van der Waals surface area contributed by atoms with Crippen molar-refractivity contribution in [1.29, 1.82) is 0 Å². The molecule has 0 saturated carbocycles. The maximum Gasteiger partial charge on any atom is 0.220 e. The molecule has 7 unspecified atom stereocenters. The van der Waals surface area contributed by atoms with Gasteiger partial charge in [-0.25, -0.2) is 0 Å². The molecular formula is C58H111NO8. The predicted molar refractivity (Wildman–Crippen MR) is 281 cm³/mol. The lowest BCUT2D eigenvalue weighted by Crippen LogP contribution is -2.60. The number of hydrogen-bond donors (Lipinski definition) is 6. The predicted octanol–water partition coefficient (Wildman–Crippen LogP) is 14.2. The second-order valence-corrected chi connectivity index (χ2v) is 20.4. The van der Waals surface area contributed by atoms with Gasteiger partial charge < -0.3 is 40.3 Å². The zero-order valence-electron chi connectivity index (χ0n) is 43.9. The van der Waals surface area contributed by atoms with Gasteiger partial charge in [-0.05, 0) is 44.9 Å². The molecule has 67 heavy (non-hydrogen) atoms. The number of ether oxygens (including phenoxy) is 2. The van der Waals surface area contributed by atoms with Crippen LogP contribution in [-0.4, -0.2) is 87.5 Å². The van der Waals surface area contributed by atoms with Gasteiger partial charge in [0.05, 0.1) is 25.4 Å². The quantitative estimate of drug-likeness (QED) is 0.0261. The summed E-state index contributed by atoms with van der Waals surface area (Å²) in [4.78, 5) is 13.0. The lowest BCUT2D eigenvalue weighted by Gasteiger charge is -2.40. The topological polar surface area (TPSA) is 149 Å². The van der Waals surface area contributed by atoms with Crippen LogP contribution in [0, 0.1) is 0 Å². The Labute approximate surface area is 413 Å². The second-order valence-electron chi connectivity index (χ2n) is 20.4. The highest BCUT2D eigenvalue weighted by Gasteiger charge is 2.44. The van der Waals surface area contributed by atoms with Crippen LogP contribution in [0.2, 0.25) is 0 Å². The molecule has 0 spiro atoms. The van der Waals surface area contributed by atoms with E-state index in [1.807, 2.05) is 6.08 Å². The van der Waals surface area contributed by atoms with Crippen molar-refractivity contribution < 1.29 is 39.8 Å². The summed E-state index contributed by atoms with van der Waals surface area (Å²) < 4.78 is 11.2. The molecule has 1 heterocycles. The first-order chi connectivity index (χ1) is 32.8. The number of carbonyl (C=O) groups is 1. The van der Waals surface area contributed by atoms with Crippen molar-refractivity contribution in [3.63, 3.8) is 0 Å². The number of nitrogens with one attached hydrogen (secondary N) is 1. The first-order valence-electron chi connectivity index (χ1n) is 29.1. The Bertz CT molecular complexity index is 1100. The van der Waals surface area contributed by atoms with Crippen molar-refractivity contribution in [3.05, 3.63) is 24.3 Å². The first-order valence-corrected chi connectivity index (χ1v) is 29.1. The lowest BCUT2D eigenvalue weighted by molar-refractivity contribution is -0.302. The number of amides is 1. The number of carbonyl (C=O) groups excluding carboxylic acids is 1. The van der Waals surface area contributed by atoms with Crippen molar-refractivity contribution in [3.8, 4) is 0 Å². The standard InChI is InChI=1S/C58H111NO8/c1-3-5-7-9-11-13-15-16-17-18-19-20-21-22-23-24-25-26-27-28-29-30-31-32-33-34-35-36-38-40-42-44-46-48-54(62)59-51(50-66-58-57(65)56(64)55(63)53(49-60)67-58)52(61)47-45-43-41-39-37-14-12-10-8-6-4-2/h18-19,45,47,51-53,55-58,60-61,63-65H,3-17,20-44,46,48-50H2,1-2H3,(H,59,62)/b19-18-,47-45+. The third-order valence-corrected chi connectivity index (χ3v) is 14.0. The molecule has 7 atom stereocenters. The van der Waals surface area contributed by atoms with Crippen LogP contribution in [0.4, 0.5) is 0 Å². The zero-order valence-corrected chi connectivity index (χ0v) is 43.9. The van der Waals surface area contributed by atoms with Crippen molar-refractivity contribution in [2.24, 2.45) is 0 Å². The molecule has 1 aliphatic rings. The van der Waals surface area contributed by atoms with E-state index in [-0.39, 0.29) is 12.5 Å². The molecule has 6 N–H and O–H groups in total. The molecule has 0 aromatic rings. The van der Waals surface area contributed by atoms with Gasteiger partial charge >= 0.3 is 0 Å². The first kappa shape index (κ1) is 63.7. The molecule has 0 aliphatic carbocycles. The Hall–Kier alpha value is -1.33. The molecule has 1 rings (SSSR count). The number of rotatable bonds is 50. The molecule has 1 aliphatic heterocycles. The maximum absolute atomic E-state index is 13.0. The normalized spacial score (nSPS) is 19.8. The van der Waals surface area contributed by atoms with Crippen LogP contribution in [0.3, 0.4) is 0 Å². The van der Waals surface area contributed by atoms with Gasteiger partial charge in [0.2, 0.25) is 5.91 Å². The highest BCUT2D eigenvalue weighted by atomic mass is 16.7. The van der Waals surface area contributed by atoms with Gasteiger partial charge in [-0.3, -0.25) is 4.79 Å². The maximum atomic E-state index is 13.0. The van der Waals surface area contributed by atoms with E-state index in [4.69, 9.17) is 9.47 Å². The van der Waals surface area contributed by atoms with E-state index in [9.17, 15) is 30.3 Å². The van der Waals surface area contributed by atoms with E-state index in [1.54, 1.807) is 6.08 Å². The molecule has 0 radical (unpaired) electrons. The van der Waals surface area contributed by atoms with Crippen molar-refractivity contribution in [1.82, 2.24) is 5.32 Å². The van der Waals surface area contributed by atoms with E-state index < -0.39 is 49.5 Å². The monoisotopic (exact) mass is 950 g/mol. The average Bonchev–Trinajstić information content (AvgIpc) is 3.33. The van der Waals surface area contributed by atoms with Crippen LogP contribution in [0.1, 0.15) is 284 Å². The SMILES string of the molecule is CCCCCCCCCC/C=C\CCCCCCCCCCCCCCCCCCCCCCCC(=O)NC(COC1OC(CO)C(O)C(O)C1O)C(O)/C=C/CCCCCCCCCCC. The minimum absolute atomic E-state index is 0.173. The highest BCUT2D eigenvalue weighted by molar-refractivity contribution is 5.76. The fourth-order valence-electron chi connectivity index (χ4n) is 9.39. The molecule has 9 nitrogen and oxygen atoms in total. The van der Waals surface area contributed by atoms with Gasteiger partial charge in [0.25, 0.3) is 0 Å². The molecule has 0 aromatic heterocycles. The van der Waals surface area contributed by atoms with Gasteiger partial charge in [-0.1, -0.05) is 256 Å². The largest absolute Gasteiger partial charge is 0.394 e. The molecule has 9 heteroatoms. The van der Waals surface area contributed by atoms with E-state index >= 15 is 0 Å². The van der Waals surface area contributed by atoms with E-state index in [1.165, 1.54) is 225 Å². The summed E-state index contributed by atoms with van der Waals surface area (Å²) in [5.74, 6) is -0.173. The van der Waals surface area contributed by atoms with Crippen molar-refractivity contribution in [2.45, 2.75) is 326 Å². The fraction of sp³-hybridized carbons (Fsp3) is 0.914. The summed E-state index contributed by atoms with van der Waals surface area (Å²) in [6.45, 7) is 3.78. The number of aliphatic hydroxyl groups is 5. The van der Waals surface area contributed by atoms with Crippen LogP contribution in [-0.2, 0) is 14.3 Å². The number of hydrogen-bond acceptors (Lipinski definition) is 8. The Kier molecular flexibility index (Phi) is 45.9. The molecule has 1 fully saturated rings. The molecule has 0 aromatic carbocycles. The Balaban J connectivity index is 2.07. The van der Waals surface area contributed by atoms with Crippen LogP contribution < -0.4 is 5.32 Å². The molecular weight excluding hydrogens is 839 g/mol. The van der Waals surface area contributed by atoms with Gasteiger partial charge in [-0.15, -0.1) is 0 Å². The highest BCUT2D eigenvalue weighted by Crippen LogP contribution is 2.23. The second kappa shape index (κ2) is 48.3. The number of aliphatic hydroxyl groups excluding tert-OH is 5. The summed E-state index contributed by atoms with van der Waals surface area (Å²) in [7, 11) is 0. The molecule has 396 valence electrons. The number of unbranched alkanes of at least 4 members (excludes halogenated alkanes) is 38. The Morgan fingerprint density at radius 2 is 0.836 bits per heavy atom. The van der Waals surface area contributed by atoms with E-state index in [0.29, 0.717) is 6.42 Å². The summed E-state index contributed by atoms with van der Waals surface area (Å²) >= 11 is 0. The van der Waals surface area contributed by atoms with Crippen LogP contribution in [0.25, 0.3) is 0 Å². The summed E-state index contributed by atoms with van der Waals surface area (Å²) in [6.07, 6.45) is 54.2. The van der Waals surface area contributed by atoms with Crippen LogP contribution in [0.15, 0.2) is 24.3 Å². The van der Waals surface area contributed by atoms with E-state index in [2.05, 4.69) is 31.3 Å². The van der Waals surface area contributed by atoms with Gasteiger partial charge in [0.1, 0.15) is 24.4 Å². The minimum Gasteiger partial charge on any atom is -0.394 e. The van der Waals surface area contributed by atoms with Crippen LogP contribution in [0.5, 0.6) is 0 Å². The fourth-order valence-corrected chi connectivity index (χ4v) is 9.39. The third kappa shape index (κ3) is 38.1. The van der Waals surface area contributed by atoms with Gasteiger partial charge in [0, 0.05) is 6.42 Å². The summed E-state index contributed by atoms with van der Waals surface area (Å²) in [5, 5.41) is 54.3. The smallest absolute Gasteiger partial charge is 0.220 e. The summed E-state index contributed by atoms with van der Waals surface area (Å²) in [5.41, 5.74) is 0. The zero-order chi connectivity index (χ0) is 48.7. The lowest BCUT2D eigenvalue weighted by atomic mass is 9.99. The average molecular weight is 951 g/mol. The molecule has 0 bridgehead atoms. The Morgan fingerprint density at radius 1 is 0.493 bits per heavy atom. The third-order valence-electron chi connectivity index (χ3n) is 14.0. The summed E-state index contributed by atoms with van der Waals surface area (Å²) in [6, 6.07) is -0.800. The van der Waals surface area contributed by atoms with E-state index in [0.717, 1.165) is 38.5 Å². The molecule has 1 amide bonds. The van der Waals surface area contributed by atoms with Gasteiger partial charge in [0.15, 0.2) is 6.29 Å². The number of allylic oxidation sites excluding steroid dienone is 3. The molecule has 1 saturated heterocycles. The van der Waals surface area contributed by atoms with Crippen molar-refractivity contribution in [2.75, 3.05) is 13.2 Å². The minimum atomic E-state index is -1.56. The Morgan fingerprint density at radius 3 is 1.21 bits per heavy atom. The van der Waals surface area contributed by atoms with Crippen molar-refractivity contribution >= 4 is 5.91 Å². The van der Waals surface area contributed by atoms with Crippen LogP contribution >= 0.6 is 0 Å².